The van der Waals surface area contributed by atoms with Crippen LogP contribution in [0.2, 0.25) is 0 Å². The Bertz CT molecular complexity index is 178. The van der Waals surface area contributed by atoms with Crippen molar-refractivity contribution >= 4 is 0 Å². The minimum Gasteiger partial charge on any atom is -0.198 e. The van der Waals surface area contributed by atoms with Crippen molar-refractivity contribution in [1.82, 2.24) is 0 Å². The zero-order valence-corrected chi connectivity index (χ0v) is 5.22. The lowest BCUT2D eigenvalue weighted by atomic mass is 10.0. The summed E-state index contributed by atoms with van der Waals surface area (Å²) in [5.41, 5.74) is -0.0737. The summed E-state index contributed by atoms with van der Waals surface area (Å²) in [7, 11) is 0. The van der Waals surface area contributed by atoms with Gasteiger partial charge in [0, 0.05) is 6.42 Å². The van der Waals surface area contributed by atoms with Crippen LogP contribution in [-0.2, 0) is 0 Å². The van der Waals surface area contributed by atoms with Gasteiger partial charge in [-0.1, -0.05) is 0 Å². The zero-order valence-electron chi connectivity index (χ0n) is 5.22. The summed E-state index contributed by atoms with van der Waals surface area (Å²) < 4.78 is 0. The molecule has 1 fully saturated rings. The van der Waals surface area contributed by atoms with Crippen LogP contribution in [0, 0.1) is 28.1 Å². The summed E-state index contributed by atoms with van der Waals surface area (Å²) in [5.74, 6) is 0. The van der Waals surface area contributed by atoms with E-state index in [-0.39, 0.29) is 5.41 Å². The molecule has 0 amide bonds. The molecule has 0 spiro atoms. The van der Waals surface area contributed by atoms with E-state index in [0.717, 1.165) is 19.3 Å². The van der Waals surface area contributed by atoms with E-state index >= 15 is 0 Å². The molecule has 0 aromatic heterocycles. The first-order valence-electron chi connectivity index (χ1n) is 3.11. The maximum atomic E-state index is 8.52. The molecule has 1 aliphatic rings. The maximum absolute atomic E-state index is 8.52. The molecule has 0 unspecified atom stereocenters. The molecular formula is C7H8N2. The molecule has 0 bridgehead atoms. The van der Waals surface area contributed by atoms with Crippen LogP contribution < -0.4 is 0 Å². The minimum absolute atomic E-state index is 0.0737. The Morgan fingerprint density at radius 1 is 1.33 bits per heavy atom. The first-order valence-corrected chi connectivity index (χ1v) is 3.11. The third kappa shape index (κ3) is 1.21. The van der Waals surface area contributed by atoms with E-state index in [1.165, 1.54) is 0 Å². The smallest absolute Gasteiger partial charge is 0.0690 e. The lowest BCUT2D eigenvalue weighted by Crippen LogP contribution is -1.93. The van der Waals surface area contributed by atoms with Gasteiger partial charge in [0.1, 0.15) is 0 Å². The molecule has 1 rings (SSSR count). The van der Waals surface area contributed by atoms with Gasteiger partial charge in [-0.2, -0.15) is 10.5 Å². The van der Waals surface area contributed by atoms with Crippen molar-refractivity contribution in [3.63, 3.8) is 0 Å². The van der Waals surface area contributed by atoms with Crippen LogP contribution >= 0.6 is 0 Å². The molecule has 0 heterocycles. The van der Waals surface area contributed by atoms with Gasteiger partial charge in [0.05, 0.1) is 17.6 Å². The van der Waals surface area contributed by atoms with E-state index in [9.17, 15) is 0 Å². The SMILES string of the molecule is N#CCCC1(C#N)CC1. The molecular weight excluding hydrogens is 112 g/mol. The Morgan fingerprint density at radius 3 is 2.33 bits per heavy atom. The maximum Gasteiger partial charge on any atom is 0.0690 e. The lowest BCUT2D eigenvalue weighted by molar-refractivity contribution is 0.609. The second kappa shape index (κ2) is 2.07. The molecule has 2 nitrogen and oxygen atoms in total. The number of nitrogens with zero attached hydrogens (tertiary/aromatic N) is 2. The van der Waals surface area contributed by atoms with Crippen LogP contribution in [0.3, 0.4) is 0 Å². The molecule has 0 aromatic carbocycles. The molecule has 0 aliphatic heterocycles. The molecule has 2 heteroatoms. The van der Waals surface area contributed by atoms with Gasteiger partial charge in [0.25, 0.3) is 0 Å². The van der Waals surface area contributed by atoms with Crippen LogP contribution in [0.1, 0.15) is 25.7 Å². The monoisotopic (exact) mass is 120 g/mol. The average Bonchev–Trinajstić information content (AvgIpc) is 2.65. The minimum atomic E-state index is -0.0737. The highest BCUT2D eigenvalue weighted by molar-refractivity contribution is 5.10. The Labute approximate surface area is 54.7 Å². The number of rotatable bonds is 2. The molecule has 0 N–H and O–H groups in total. The fraction of sp³-hybridized carbons (Fsp3) is 0.714. The van der Waals surface area contributed by atoms with Gasteiger partial charge in [-0.05, 0) is 19.3 Å². The van der Waals surface area contributed by atoms with Gasteiger partial charge in [-0.25, -0.2) is 0 Å². The molecule has 46 valence electrons. The summed E-state index contributed by atoms with van der Waals surface area (Å²) in [5, 5.41) is 16.7. The Hall–Kier alpha value is -1.02. The highest BCUT2D eigenvalue weighted by Gasteiger charge is 2.42. The number of hydrogen-bond donors (Lipinski definition) is 0. The second-order valence-corrected chi connectivity index (χ2v) is 2.55. The van der Waals surface area contributed by atoms with Crippen molar-refractivity contribution < 1.29 is 0 Å². The number of hydrogen-bond acceptors (Lipinski definition) is 2. The van der Waals surface area contributed by atoms with Crippen molar-refractivity contribution in [1.29, 1.82) is 10.5 Å². The Balaban J connectivity index is 2.30. The third-order valence-corrected chi connectivity index (χ3v) is 1.81. The van der Waals surface area contributed by atoms with E-state index in [1.54, 1.807) is 0 Å². The topological polar surface area (TPSA) is 47.6 Å². The van der Waals surface area contributed by atoms with Crippen molar-refractivity contribution in [2.45, 2.75) is 25.7 Å². The second-order valence-electron chi connectivity index (χ2n) is 2.55. The normalized spacial score (nSPS) is 19.8. The summed E-state index contributed by atoms with van der Waals surface area (Å²) in [6.07, 6.45) is 3.32. The van der Waals surface area contributed by atoms with Gasteiger partial charge in [0.15, 0.2) is 0 Å². The van der Waals surface area contributed by atoms with Gasteiger partial charge in [-0.15, -0.1) is 0 Å². The van der Waals surface area contributed by atoms with Gasteiger partial charge in [-0.3, -0.25) is 0 Å². The molecule has 0 aromatic rings. The first-order chi connectivity index (χ1) is 4.33. The van der Waals surface area contributed by atoms with Crippen LogP contribution in [0.4, 0.5) is 0 Å². The zero-order chi connectivity index (χ0) is 6.74. The van der Waals surface area contributed by atoms with E-state index < -0.39 is 0 Å². The van der Waals surface area contributed by atoms with Crippen LogP contribution in [0.5, 0.6) is 0 Å². The van der Waals surface area contributed by atoms with Crippen molar-refractivity contribution in [2.75, 3.05) is 0 Å². The highest BCUT2D eigenvalue weighted by atomic mass is 14.5. The highest BCUT2D eigenvalue weighted by Crippen LogP contribution is 2.48. The van der Waals surface area contributed by atoms with Crippen LogP contribution in [-0.4, -0.2) is 0 Å². The van der Waals surface area contributed by atoms with E-state index in [2.05, 4.69) is 6.07 Å². The van der Waals surface area contributed by atoms with Crippen LogP contribution in [0.15, 0.2) is 0 Å². The molecule has 9 heavy (non-hydrogen) atoms. The third-order valence-electron chi connectivity index (χ3n) is 1.81. The van der Waals surface area contributed by atoms with E-state index in [1.807, 2.05) is 6.07 Å². The largest absolute Gasteiger partial charge is 0.198 e. The van der Waals surface area contributed by atoms with E-state index in [4.69, 9.17) is 10.5 Å². The molecule has 1 saturated carbocycles. The predicted octanol–water partition coefficient (Wildman–Crippen LogP) is 1.59. The predicted molar refractivity (Wildman–Crippen MR) is 32.1 cm³/mol. The van der Waals surface area contributed by atoms with Crippen molar-refractivity contribution in [2.24, 2.45) is 5.41 Å². The number of nitriles is 2. The molecule has 0 saturated heterocycles. The standard InChI is InChI=1S/C7H8N2/c8-5-1-2-7(6-9)3-4-7/h1-4H2. The lowest BCUT2D eigenvalue weighted by Gasteiger charge is -1.96. The first kappa shape index (κ1) is 6.11. The quantitative estimate of drug-likeness (QED) is 0.555. The van der Waals surface area contributed by atoms with E-state index in [0.29, 0.717) is 6.42 Å². The summed E-state index contributed by atoms with van der Waals surface area (Å²) in [6, 6.07) is 4.28. The van der Waals surface area contributed by atoms with Gasteiger partial charge in [0.2, 0.25) is 0 Å². The summed E-state index contributed by atoms with van der Waals surface area (Å²) in [6.45, 7) is 0. The Morgan fingerprint density at radius 2 is 2.00 bits per heavy atom. The summed E-state index contributed by atoms with van der Waals surface area (Å²) >= 11 is 0. The van der Waals surface area contributed by atoms with Crippen molar-refractivity contribution in [3.05, 3.63) is 0 Å². The Kier molecular flexibility index (Phi) is 1.40. The molecule has 0 radical (unpaired) electrons. The fourth-order valence-corrected chi connectivity index (χ4v) is 0.864. The van der Waals surface area contributed by atoms with Crippen LogP contribution in [0.25, 0.3) is 0 Å². The van der Waals surface area contributed by atoms with Gasteiger partial charge >= 0.3 is 0 Å². The van der Waals surface area contributed by atoms with Crippen molar-refractivity contribution in [3.8, 4) is 12.1 Å². The van der Waals surface area contributed by atoms with Gasteiger partial charge < -0.3 is 0 Å². The summed E-state index contributed by atoms with van der Waals surface area (Å²) in [4.78, 5) is 0. The molecule has 1 aliphatic carbocycles. The fourth-order valence-electron chi connectivity index (χ4n) is 0.864. The average molecular weight is 120 g/mol. The molecule has 0 atom stereocenters.